The molecule has 2 bridgehead atoms. The lowest BCUT2D eigenvalue weighted by molar-refractivity contribution is -0.155. The number of nitrogens with zero attached hydrogens (tertiary/aromatic N) is 3. The summed E-state index contributed by atoms with van der Waals surface area (Å²) in [5, 5.41) is 3.04. The predicted octanol–water partition coefficient (Wildman–Crippen LogP) is 4.40. The van der Waals surface area contributed by atoms with E-state index in [1.165, 1.54) is 0 Å². The first-order valence-corrected chi connectivity index (χ1v) is 10.1. The zero-order valence-electron chi connectivity index (χ0n) is 17.3. The maximum Gasteiger partial charge on any atom is 0.322 e. The zero-order chi connectivity index (χ0) is 20.8. The van der Waals surface area contributed by atoms with Gasteiger partial charge in [0.15, 0.2) is 11.6 Å². The highest BCUT2D eigenvalue weighted by Gasteiger charge is 2.61. The van der Waals surface area contributed by atoms with Crippen LogP contribution in [0.5, 0.6) is 0 Å². The molecule has 6 nitrogen and oxygen atoms in total. The molecule has 7 heteroatoms. The van der Waals surface area contributed by atoms with E-state index in [2.05, 4.69) is 22.2 Å². The molecule has 4 atom stereocenters. The largest absolute Gasteiger partial charge is 0.379 e. The summed E-state index contributed by atoms with van der Waals surface area (Å²) < 4.78 is 18.8. The molecule has 0 radical (unpaired) electrons. The van der Waals surface area contributed by atoms with Crippen molar-refractivity contribution in [3.05, 3.63) is 42.0 Å². The first kappa shape index (κ1) is 19.8. The Labute approximate surface area is 170 Å². The highest BCUT2D eigenvalue weighted by atomic mass is 19.1. The average Bonchev–Trinajstić information content (AvgIpc) is 2.68. The Bertz CT molecular complexity index is 920. The number of piperidine rings is 1. The molecule has 2 fully saturated rings. The molecule has 1 N–H and O–H groups in total. The van der Waals surface area contributed by atoms with Gasteiger partial charge < -0.3 is 15.0 Å². The van der Waals surface area contributed by atoms with Crippen molar-refractivity contribution in [1.29, 1.82) is 0 Å². The Morgan fingerprint density at radius 1 is 1.34 bits per heavy atom. The monoisotopic (exact) mass is 398 g/mol. The number of urea groups is 1. The van der Waals surface area contributed by atoms with E-state index >= 15 is 0 Å². The number of hydrogen-bond acceptors (Lipinski definition) is 4. The molecule has 4 rings (SSSR count). The number of likely N-dealkylation sites (tertiary alicyclic amines) is 1. The molecule has 29 heavy (non-hydrogen) atoms. The van der Waals surface area contributed by atoms with E-state index < -0.39 is 5.82 Å². The third-order valence-corrected chi connectivity index (χ3v) is 6.49. The quantitative estimate of drug-likeness (QED) is 0.829. The molecule has 1 aromatic carbocycles. The molecular formula is C22H27FN4O2. The third kappa shape index (κ3) is 3.37. The lowest BCUT2D eigenvalue weighted by Gasteiger charge is -2.65. The zero-order valence-corrected chi connectivity index (χ0v) is 17.3. The molecule has 2 heterocycles. The Morgan fingerprint density at radius 2 is 2.07 bits per heavy atom. The number of methoxy groups -OCH3 is 1. The number of hydrogen-bond donors (Lipinski definition) is 1. The van der Waals surface area contributed by atoms with Gasteiger partial charge in [0.25, 0.3) is 0 Å². The molecule has 2 aliphatic rings. The topological polar surface area (TPSA) is 67.3 Å². The molecule has 1 aliphatic heterocycles. The minimum atomic E-state index is -0.480. The molecule has 1 aliphatic carbocycles. The van der Waals surface area contributed by atoms with Gasteiger partial charge in [-0.3, -0.25) is 0 Å². The van der Waals surface area contributed by atoms with E-state index in [0.29, 0.717) is 17.4 Å². The SMILES string of the molecule is COC(C)C12CC(C)CC(C1)N2C(=O)Nc1ccc(C)c(-c2ncc(F)cn2)c1. The van der Waals surface area contributed by atoms with Crippen molar-refractivity contribution in [2.45, 2.75) is 57.7 Å². The van der Waals surface area contributed by atoms with Crippen LogP contribution in [0.3, 0.4) is 0 Å². The standard InChI is InChI=1S/C22H27FN4O2/c1-13-7-18-10-22(9-13,15(3)29-4)27(18)21(28)26-17-6-5-14(2)19(8-17)20-24-11-16(23)12-25-20/h5-6,8,11-13,15,18H,7,9-10H2,1-4H3,(H,26,28). The number of aryl methyl sites for hydroxylation is 1. The fourth-order valence-corrected chi connectivity index (χ4v) is 5.06. The van der Waals surface area contributed by atoms with Crippen LogP contribution in [0.15, 0.2) is 30.6 Å². The molecule has 1 saturated carbocycles. The maximum absolute atomic E-state index is 13.2. The van der Waals surface area contributed by atoms with Crippen LogP contribution in [0.4, 0.5) is 14.9 Å². The van der Waals surface area contributed by atoms with Crippen LogP contribution >= 0.6 is 0 Å². The van der Waals surface area contributed by atoms with Crippen molar-refractivity contribution < 1.29 is 13.9 Å². The molecule has 1 aromatic heterocycles. The fraction of sp³-hybridized carbons (Fsp3) is 0.500. The van der Waals surface area contributed by atoms with Gasteiger partial charge in [-0.1, -0.05) is 13.0 Å². The van der Waals surface area contributed by atoms with Crippen LogP contribution in [0.1, 0.15) is 38.7 Å². The van der Waals surface area contributed by atoms with E-state index in [9.17, 15) is 9.18 Å². The van der Waals surface area contributed by atoms with Crippen molar-refractivity contribution in [1.82, 2.24) is 14.9 Å². The van der Waals surface area contributed by atoms with Gasteiger partial charge in [-0.05, 0) is 56.7 Å². The second-order valence-electron chi connectivity index (χ2n) is 8.44. The van der Waals surface area contributed by atoms with Crippen LogP contribution in [0.2, 0.25) is 0 Å². The van der Waals surface area contributed by atoms with E-state index in [1.54, 1.807) is 7.11 Å². The van der Waals surface area contributed by atoms with Crippen LogP contribution in [0.25, 0.3) is 11.4 Å². The lowest BCUT2D eigenvalue weighted by Crippen LogP contribution is -2.76. The number of amides is 2. The molecule has 0 spiro atoms. The Balaban J connectivity index is 1.57. The van der Waals surface area contributed by atoms with Gasteiger partial charge in [0, 0.05) is 24.4 Å². The number of rotatable bonds is 4. The van der Waals surface area contributed by atoms with Gasteiger partial charge >= 0.3 is 6.03 Å². The number of halogens is 1. The Hall–Kier alpha value is -2.54. The molecular weight excluding hydrogens is 371 g/mol. The van der Waals surface area contributed by atoms with Crippen LogP contribution < -0.4 is 5.32 Å². The van der Waals surface area contributed by atoms with Crippen molar-refractivity contribution in [3.8, 4) is 11.4 Å². The highest BCUT2D eigenvalue weighted by molar-refractivity contribution is 5.92. The highest BCUT2D eigenvalue weighted by Crippen LogP contribution is 2.52. The van der Waals surface area contributed by atoms with Crippen molar-refractivity contribution in [2.75, 3.05) is 12.4 Å². The number of nitrogens with one attached hydrogen (secondary N) is 1. The van der Waals surface area contributed by atoms with Crippen LogP contribution in [-0.2, 0) is 4.74 Å². The number of benzene rings is 1. The number of anilines is 1. The summed E-state index contributed by atoms with van der Waals surface area (Å²) in [4.78, 5) is 23.3. The second kappa shape index (κ2) is 7.37. The summed E-state index contributed by atoms with van der Waals surface area (Å²) in [5.41, 5.74) is 2.14. The van der Waals surface area contributed by atoms with Crippen LogP contribution in [-0.4, -0.2) is 45.7 Å². The molecule has 1 saturated heterocycles. The van der Waals surface area contributed by atoms with Crippen LogP contribution in [0, 0.1) is 18.7 Å². The summed E-state index contributed by atoms with van der Waals surface area (Å²) in [7, 11) is 1.71. The summed E-state index contributed by atoms with van der Waals surface area (Å²) in [6.45, 7) is 6.22. The fourth-order valence-electron chi connectivity index (χ4n) is 5.06. The predicted molar refractivity (Wildman–Crippen MR) is 109 cm³/mol. The first-order valence-electron chi connectivity index (χ1n) is 10.1. The van der Waals surface area contributed by atoms with Crippen molar-refractivity contribution >= 4 is 11.7 Å². The van der Waals surface area contributed by atoms with Gasteiger partial charge in [0.05, 0.1) is 24.0 Å². The summed E-state index contributed by atoms with van der Waals surface area (Å²) >= 11 is 0. The minimum absolute atomic E-state index is 0.0200. The van der Waals surface area contributed by atoms with Crippen molar-refractivity contribution in [2.24, 2.45) is 5.92 Å². The summed E-state index contributed by atoms with van der Waals surface area (Å²) in [6.07, 6.45) is 5.23. The first-order chi connectivity index (χ1) is 13.8. The number of ether oxygens (including phenoxy) is 1. The van der Waals surface area contributed by atoms with E-state index in [-0.39, 0.29) is 23.7 Å². The minimum Gasteiger partial charge on any atom is -0.379 e. The summed E-state index contributed by atoms with van der Waals surface area (Å²) in [6, 6.07) is 5.76. The summed E-state index contributed by atoms with van der Waals surface area (Å²) in [5.74, 6) is 0.531. The van der Waals surface area contributed by atoms with E-state index in [0.717, 1.165) is 42.8 Å². The van der Waals surface area contributed by atoms with Gasteiger partial charge in [-0.15, -0.1) is 0 Å². The number of fused-ring (bicyclic) bond motifs is 2. The van der Waals surface area contributed by atoms with Crippen molar-refractivity contribution in [3.63, 3.8) is 0 Å². The molecule has 154 valence electrons. The number of carbonyl (C=O) groups excluding carboxylic acids is 1. The van der Waals surface area contributed by atoms with E-state index in [1.807, 2.05) is 36.9 Å². The van der Waals surface area contributed by atoms with Gasteiger partial charge in [0.2, 0.25) is 0 Å². The third-order valence-electron chi connectivity index (χ3n) is 6.49. The lowest BCUT2D eigenvalue weighted by atomic mass is 9.62. The Morgan fingerprint density at radius 3 is 2.76 bits per heavy atom. The van der Waals surface area contributed by atoms with Gasteiger partial charge in [-0.25, -0.2) is 19.2 Å². The average molecular weight is 398 g/mol. The maximum atomic E-state index is 13.2. The smallest absolute Gasteiger partial charge is 0.322 e. The molecule has 2 aromatic rings. The molecule has 2 amide bonds. The van der Waals surface area contributed by atoms with E-state index in [4.69, 9.17) is 4.74 Å². The normalized spacial score (nSPS) is 26.6. The second-order valence-corrected chi connectivity index (χ2v) is 8.44. The van der Waals surface area contributed by atoms with Gasteiger partial charge in [0.1, 0.15) is 0 Å². The number of aromatic nitrogens is 2. The molecule has 4 unspecified atom stereocenters. The Kier molecular flexibility index (Phi) is 5.02. The number of carbonyl (C=O) groups is 1. The van der Waals surface area contributed by atoms with Gasteiger partial charge in [-0.2, -0.15) is 0 Å².